The Hall–Kier alpha value is -1.66. The molecule has 2 atom stereocenters. The van der Waals surface area contributed by atoms with Gasteiger partial charge in [0, 0.05) is 12.8 Å². The SMILES string of the molecule is CCCCCCCC/C=C\CCCCCCCCCCCC(=O)OCCCCCC/C=C\CCCCCCCCCC(=O)NC(CO)C(O)CCCCCCCCCCC. The van der Waals surface area contributed by atoms with E-state index in [1.807, 2.05) is 0 Å². The highest BCUT2D eigenvalue weighted by Crippen LogP contribution is 2.16. The van der Waals surface area contributed by atoms with Gasteiger partial charge >= 0.3 is 5.97 Å². The van der Waals surface area contributed by atoms with Crippen molar-refractivity contribution in [2.75, 3.05) is 13.2 Å². The zero-order valence-electron chi connectivity index (χ0n) is 40.2. The van der Waals surface area contributed by atoms with Gasteiger partial charge < -0.3 is 20.3 Å². The third kappa shape index (κ3) is 45.9. The molecule has 0 saturated heterocycles. The average Bonchev–Trinajstić information content (AvgIpc) is 3.25. The van der Waals surface area contributed by atoms with E-state index in [0.29, 0.717) is 25.9 Å². The van der Waals surface area contributed by atoms with Crippen LogP contribution in [0.15, 0.2) is 24.3 Å². The van der Waals surface area contributed by atoms with Crippen molar-refractivity contribution in [3.05, 3.63) is 24.3 Å². The number of hydrogen-bond donors (Lipinski definition) is 3. The molecule has 0 bridgehead atoms. The summed E-state index contributed by atoms with van der Waals surface area (Å²) < 4.78 is 5.47. The summed E-state index contributed by atoms with van der Waals surface area (Å²) >= 11 is 0. The summed E-state index contributed by atoms with van der Waals surface area (Å²) in [7, 11) is 0. The maximum Gasteiger partial charge on any atom is 0.305 e. The third-order valence-corrected chi connectivity index (χ3v) is 12.2. The van der Waals surface area contributed by atoms with Gasteiger partial charge in [-0.05, 0) is 77.0 Å². The Morgan fingerprint density at radius 1 is 0.450 bits per heavy atom. The molecule has 6 heteroatoms. The number of nitrogens with one attached hydrogen (secondary N) is 1. The van der Waals surface area contributed by atoms with Crippen molar-refractivity contribution in [2.45, 2.75) is 296 Å². The standard InChI is InChI=1S/C54H103NO5/c1-3-5-7-9-11-13-14-15-16-17-18-19-22-25-28-32-36-40-44-48-54(59)60-49-45-41-37-33-29-26-23-20-21-24-27-31-35-39-43-47-53(58)55-51(50-56)52(57)46-42-38-34-30-12-10-8-6-4-2/h15-16,23,26,51-52,56-57H,3-14,17-22,24-25,27-50H2,1-2H3,(H,55,58)/b16-15-,26-23-. The lowest BCUT2D eigenvalue weighted by Gasteiger charge is -2.22. The van der Waals surface area contributed by atoms with Crippen molar-refractivity contribution in [1.29, 1.82) is 0 Å². The van der Waals surface area contributed by atoms with Crippen LogP contribution in [0, 0.1) is 0 Å². The molecule has 0 heterocycles. The van der Waals surface area contributed by atoms with Crippen LogP contribution in [0.5, 0.6) is 0 Å². The van der Waals surface area contributed by atoms with Crippen LogP contribution in [0.3, 0.4) is 0 Å². The molecule has 2 unspecified atom stereocenters. The van der Waals surface area contributed by atoms with E-state index in [1.165, 1.54) is 180 Å². The number of carbonyl (C=O) groups is 2. The molecule has 0 aliphatic heterocycles. The second-order valence-corrected chi connectivity index (χ2v) is 18.2. The molecule has 6 nitrogen and oxygen atoms in total. The number of carbonyl (C=O) groups excluding carboxylic acids is 2. The highest BCUT2D eigenvalue weighted by atomic mass is 16.5. The van der Waals surface area contributed by atoms with E-state index in [9.17, 15) is 19.8 Å². The van der Waals surface area contributed by atoms with Gasteiger partial charge in [-0.3, -0.25) is 9.59 Å². The molecule has 354 valence electrons. The van der Waals surface area contributed by atoms with Gasteiger partial charge in [0.1, 0.15) is 0 Å². The van der Waals surface area contributed by atoms with E-state index in [1.54, 1.807) is 0 Å². The molecule has 0 aromatic heterocycles. The van der Waals surface area contributed by atoms with Crippen LogP contribution in [0.2, 0.25) is 0 Å². The fourth-order valence-electron chi connectivity index (χ4n) is 8.10. The smallest absolute Gasteiger partial charge is 0.305 e. The zero-order valence-corrected chi connectivity index (χ0v) is 40.2. The minimum absolute atomic E-state index is 0.0109. The normalized spacial score (nSPS) is 12.8. The van der Waals surface area contributed by atoms with Crippen LogP contribution in [0.1, 0.15) is 284 Å². The summed E-state index contributed by atoms with van der Waals surface area (Å²) in [5.74, 6) is -0.0638. The van der Waals surface area contributed by atoms with E-state index >= 15 is 0 Å². The molecule has 3 N–H and O–H groups in total. The lowest BCUT2D eigenvalue weighted by molar-refractivity contribution is -0.143. The number of allylic oxidation sites excluding steroid dienone is 4. The molecule has 0 rings (SSSR count). The van der Waals surface area contributed by atoms with Crippen LogP contribution in [-0.4, -0.2) is 47.4 Å². The number of rotatable bonds is 49. The summed E-state index contributed by atoms with van der Waals surface area (Å²) in [4.78, 5) is 24.4. The van der Waals surface area contributed by atoms with Gasteiger partial charge in [0.25, 0.3) is 0 Å². The van der Waals surface area contributed by atoms with Crippen molar-refractivity contribution in [3.63, 3.8) is 0 Å². The molecule has 0 spiro atoms. The second-order valence-electron chi connectivity index (χ2n) is 18.2. The molecule has 0 aromatic carbocycles. The van der Waals surface area contributed by atoms with Gasteiger partial charge in [-0.2, -0.15) is 0 Å². The lowest BCUT2D eigenvalue weighted by atomic mass is 10.0. The summed E-state index contributed by atoms with van der Waals surface area (Å²) in [6, 6.07) is -0.550. The molecular weight excluding hydrogens is 743 g/mol. The Bertz CT molecular complexity index is 935. The van der Waals surface area contributed by atoms with Crippen LogP contribution >= 0.6 is 0 Å². The molecule has 0 radical (unpaired) electrons. The van der Waals surface area contributed by atoms with E-state index < -0.39 is 12.1 Å². The Morgan fingerprint density at radius 3 is 1.18 bits per heavy atom. The predicted octanol–water partition coefficient (Wildman–Crippen LogP) is 15.9. The number of esters is 1. The summed E-state index contributed by atoms with van der Waals surface area (Å²) in [5, 5.41) is 23.1. The quantitative estimate of drug-likeness (QED) is 0.0322. The first kappa shape index (κ1) is 58.3. The molecule has 0 fully saturated rings. The van der Waals surface area contributed by atoms with Crippen molar-refractivity contribution in [1.82, 2.24) is 5.32 Å². The van der Waals surface area contributed by atoms with Gasteiger partial charge in [0.05, 0.1) is 25.4 Å². The fraction of sp³-hybridized carbons (Fsp3) is 0.889. The van der Waals surface area contributed by atoms with E-state index in [2.05, 4.69) is 43.5 Å². The highest BCUT2D eigenvalue weighted by molar-refractivity contribution is 5.76. The van der Waals surface area contributed by atoms with Crippen molar-refractivity contribution < 1.29 is 24.5 Å². The molecule has 0 aliphatic carbocycles. The lowest BCUT2D eigenvalue weighted by Crippen LogP contribution is -2.45. The molecule has 60 heavy (non-hydrogen) atoms. The predicted molar refractivity (Wildman–Crippen MR) is 260 cm³/mol. The van der Waals surface area contributed by atoms with Crippen molar-refractivity contribution >= 4 is 11.9 Å². The monoisotopic (exact) mass is 846 g/mol. The van der Waals surface area contributed by atoms with Crippen molar-refractivity contribution in [2.24, 2.45) is 0 Å². The Morgan fingerprint density at radius 2 is 0.783 bits per heavy atom. The van der Waals surface area contributed by atoms with Gasteiger partial charge in [0.15, 0.2) is 0 Å². The Kier molecular flexibility index (Phi) is 48.6. The maximum absolute atomic E-state index is 12.4. The summed E-state index contributed by atoms with van der Waals surface area (Å²) in [6.45, 7) is 4.89. The minimum Gasteiger partial charge on any atom is -0.466 e. The molecule has 1 amide bonds. The number of amides is 1. The first-order chi connectivity index (χ1) is 29.5. The second kappa shape index (κ2) is 50.0. The number of aliphatic hydroxyl groups excluding tert-OH is 2. The maximum atomic E-state index is 12.4. The topological polar surface area (TPSA) is 95.9 Å². The molecule has 0 aliphatic rings. The van der Waals surface area contributed by atoms with Gasteiger partial charge in [-0.25, -0.2) is 0 Å². The highest BCUT2D eigenvalue weighted by Gasteiger charge is 2.20. The summed E-state index contributed by atoms with van der Waals surface area (Å²) in [6.07, 6.45) is 58.8. The largest absolute Gasteiger partial charge is 0.466 e. The molecular formula is C54H103NO5. The van der Waals surface area contributed by atoms with Gasteiger partial charge in [-0.1, -0.05) is 218 Å². The van der Waals surface area contributed by atoms with Crippen LogP contribution in [-0.2, 0) is 14.3 Å². The first-order valence-electron chi connectivity index (χ1n) is 26.6. The zero-order chi connectivity index (χ0) is 43.7. The number of unbranched alkanes of at least 4 members (excludes halogenated alkanes) is 34. The average molecular weight is 846 g/mol. The molecule has 0 saturated carbocycles. The van der Waals surface area contributed by atoms with E-state index in [-0.39, 0.29) is 18.5 Å². The number of aliphatic hydroxyl groups is 2. The van der Waals surface area contributed by atoms with Gasteiger partial charge in [0.2, 0.25) is 5.91 Å². The van der Waals surface area contributed by atoms with E-state index in [4.69, 9.17) is 4.74 Å². The Balaban J connectivity index is 3.43. The van der Waals surface area contributed by atoms with Crippen molar-refractivity contribution in [3.8, 4) is 0 Å². The number of hydrogen-bond acceptors (Lipinski definition) is 5. The van der Waals surface area contributed by atoms with E-state index in [0.717, 1.165) is 70.6 Å². The number of ether oxygens (including phenoxy) is 1. The Labute approximate surface area is 373 Å². The van der Waals surface area contributed by atoms with Crippen LogP contribution < -0.4 is 5.32 Å². The minimum atomic E-state index is -0.672. The summed E-state index contributed by atoms with van der Waals surface area (Å²) in [5.41, 5.74) is 0. The third-order valence-electron chi connectivity index (χ3n) is 12.2. The molecule has 0 aromatic rings. The fourth-order valence-corrected chi connectivity index (χ4v) is 8.10. The van der Waals surface area contributed by atoms with Crippen LogP contribution in [0.25, 0.3) is 0 Å². The first-order valence-corrected chi connectivity index (χ1v) is 26.6. The van der Waals surface area contributed by atoms with Crippen LogP contribution in [0.4, 0.5) is 0 Å². The van der Waals surface area contributed by atoms with Gasteiger partial charge in [-0.15, -0.1) is 0 Å².